The van der Waals surface area contributed by atoms with Gasteiger partial charge in [0.15, 0.2) is 0 Å². The molecule has 0 amide bonds. The molecule has 0 saturated carbocycles. The molecule has 0 saturated heterocycles. The van der Waals surface area contributed by atoms with E-state index in [4.69, 9.17) is 4.74 Å². The molecular weight excluding hydrogens is 208 g/mol. The Balaban J connectivity index is 2.50. The van der Waals surface area contributed by atoms with E-state index in [1.54, 1.807) is 7.11 Å². The second-order valence-corrected chi connectivity index (χ2v) is 4.81. The van der Waals surface area contributed by atoms with Gasteiger partial charge in [-0.3, -0.25) is 0 Å². The average molecular weight is 234 g/mol. The Labute approximate surface area is 106 Å². The molecule has 1 aromatic carbocycles. The van der Waals surface area contributed by atoms with Crippen LogP contribution in [0.2, 0.25) is 0 Å². The summed E-state index contributed by atoms with van der Waals surface area (Å²) in [4.78, 5) is 0. The lowest BCUT2D eigenvalue weighted by atomic mass is 9.98. The second kappa shape index (κ2) is 8.30. The van der Waals surface area contributed by atoms with Crippen molar-refractivity contribution >= 4 is 0 Å². The maximum absolute atomic E-state index is 5.09. The predicted molar refractivity (Wildman–Crippen MR) is 74.6 cm³/mol. The summed E-state index contributed by atoms with van der Waals surface area (Å²) in [7, 11) is 1.77. The van der Waals surface area contributed by atoms with Gasteiger partial charge in [-0.15, -0.1) is 0 Å². The Morgan fingerprint density at radius 2 is 1.88 bits per heavy atom. The first kappa shape index (κ1) is 14.2. The number of hydrogen-bond acceptors (Lipinski definition) is 1. The smallest absolute Gasteiger partial charge is 0.0462 e. The lowest BCUT2D eigenvalue weighted by Crippen LogP contribution is -1.95. The number of unbranched alkanes of at least 4 members (excludes halogenated alkanes) is 2. The number of methoxy groups -OCH3 is 1. The highest BCUT2D eigenvalue weighted by molar-refractivity contribution is 5.31. The summed E-state index contributed by atoms with van der Waals surface area (Å²) in [5.74, 6) is 0. The quantitative estimate of drug-likeness (QED) is 0.609. The number of hydrogen-bond donors (Lipinski definition) is 0. The molecule has 1 nitrogen and oxygen atoms in total. The van der Waals surface area contributed by atoms with Crippen molar-refractivity contribution in [3.05, 3.63) is 34.9 Å². The highest BCUT2D eigenvalue weighted by atomic mass is 16.5. The van der Waals surface area contributed by atoms with Crippen molar-refractivity contribution in [2.75, 3.05) is 13.7 Å². The molecule has 0 aliphatic carbocycles. The van der Waals surface area contributed by atoms with Crippen LogP contribution in [0.25, 0.3) is 0 Å². The van der Waals surface area contributed by atoms with Gasteiger partial charge in [0.25, 0.3) is 0 Å². The van der Waals surface area contributed by atoms with Crippen molar-refractivity contribution < 1.29 is 4.74 Å². The van der Waals surface area contributed by atoms with Crippen LogP contribution in [0.5, 0.6) is 0 Å². The first-order valence-corrected chi connectivity index (χ1v) is 6.85. The largest absolute Gasteiger partial charge is 0.385 e. The minimum Gasteiger partial charge on any atom is -0.385 e. The Kier molecular flexibility index (Phi) is 6.95. The van der Waals surface area contributed by atoms with E-state index in [9.17, 15) is 0 Å². The van der Waals surface area contributed by atoms with Crippen LogP contribution in [-0.2, 0) is 17.6 Å². The van der Waals surface area contributed by atoms with Gasteiger partial charge >= 0.3 is 0 Å². The molecule has 96 valence electrons. The van der Waals surface area contributed by atoms with Gasteiger partial charge in [-0.2, -0.15) is 0 Å². The molecule has 0 atom stereocenters. The number of benzene rings is 1. The topological polar surface area (TPSA) is 9.23 Å². The van der Waals surface area contributed by atoms with Gasteiger partial charge in [0.1, 0.15) is 0 Å². The summed E-state index contributed by atoms with van der Waals surface area (Å²) in [6.45, 7) is 5.35. The normalized spacial score (nSPS) is 10.8. The van der Waals surface area contributed by atoms with Crippen molar-refractivity contribution in [3.8, 4) is 0 Å². The molecule has 0 unspecified atom stereocenters. The van der Waals surface area contributed by atoms with Crippen LogP contribution in [0.15, 0.2) is 18.2 Å². The van der Waals surface area contributed by atoms with Crippen LogP contribution in [0, 0.1) is 6.92 Å². The lowest BCUT2D eigenvalue weighted by Gasteiger charge is -2.09. The van der Waals surface area contributed by atoms with Gasteiger partial charge in [0, 0.05) is 13.7 Å². The maximum Gasteiger partial charge on any atom is 0.0462 e. The molecule has 0 radical (unpaired) electrons. The summed E-state index contributed by atoms with van der Waals surface area (Å²) >= 11 is 0. The van der Waals surface area contributed by atoms with Gasteiger partial charge in [-0.05, 0) is 55.7 Å². The van der Waals surface area contributed by atoms with Crippen molar-refractivity contribution in [3.63, 3.8) is 0 Å². The molecule has 0 bridgehead atoms. The number of rotatable bonds is 8. The van der Waals surface area contributed by atoms with E-state index in [1.807, 2.05) is 0 Å². The summed E-state index contributed by atoms with van der Waals surface area (Å²) < 4.78 is 5.09. The van der Waals surface area contributed by atoms with E-state index in [-0.39, 0.29) is 0 Å². The van der Waals surface area contributed by atoms with Crippen LogP contribution in [0.3, 0.4) is 0 Å². The Hall–Kier alpha value is -0.820. The van der Waals surface area contributed by atoms with Gasteiger partial charge in [-0.1, -0.05) is 31.5 Å². The first-order valence-electron chi connectivity index (χ1n) is 6.85. The molecule has 0 spiro atoms. The molecule has 1 aromatic rings. The number of aryl methyl sites for hydroxylation is 3. The fraction of sp³-hybridized carbons (Fsp3) is 0.625. The van der Waals surface area contributed by atoms with E-state index < -0.39 is 0 Å². The van der Waals surface area contributed by atoms with Crippen LogP contribution < -0.4 is 0 Å². The zero-order valence-corrected chi connectivity index (χ0v) is 11.6. The third-order valence-electron chi connectivity index (χ3n) is 3.28. The maximum atomic E-state index is 5.09. The van der Waals surface area contributed by atoms with E-state index in [2.05, 4.69) is 32.0 Å². The monoisotopic (exact) mass is 234 g/mol. The third kappa shape index (κ3) is 5.36. The van der Waals surface area contributed by atoms with Gasteiger partial charge < -0.3 is 4.74 Å². The molecule has 0 aliphatic heterocycles. The third-order valence-corrected chi connectivity index (χ3v) is 3.28. The SMILES string of the molecule is CCCCc1ccc(C)c(CCCCOC)c1. The minimum absolute atomic E-state index is 0.884. The van der Waals surface area contributed by atoms with Crippen molar-refractivity contribution in [1.82, 2.24) is 0 Å². The zero-order valence-electron chi connectivity index (χ0n) is 11.6. The van der Waals surface area contributed by atoms with Gasteiger partial charge in [-0.25, -0.2) is 0 Å². The standard InChI is InChI=1S/C16H26O/c1-4-5-8-15-11-10-14(2)16(13-15)9-6-7-12-17-3/h10-11,13H,4-9,12H2,1-3H3. The molecule has 1 heteroatoms. The molecule has 0 N–H and O–H groups in total. The molecule has 0 aliphatic rings. The highest BCUT2D eigenvalue weighted by Crippen LogP contribution is 2.15. The van der Waals surface area contributed by atoms with Crippen LogP contribution >= 0.6 is 0 Å². The van der Waals surface area contributed by atoms with Crippen molar-refractivity contribution in [2.45, 2.75) is 52.4 Å². The first-order chi connectivity index (χ1) is 8.27. The van der Waals surface area contributed by atoms with Crippen LogP contribution in [0.1, 0.15) is 49.3 Å². The summed E-state index contributed by atoms with van der Waals surface area (Å²) in [5, 5.41) is 0. The average Bonchev–Trinajstić information content (AvgIpc) is 2.35. The number of ether oxygens (including phenoxy) is 1. The van der Waals surface area contributed by atoms with Crippen molar-refractivity contribution in [2.24, 2.45) is 0 Å². The fourth-order valence-electron chi connectivity index (χ4n) is 2.09. The van der Waals surface area contributed by atoms with Gasteiger partial charge in [0.2, 0.25) is 0 Å². The Bertz CT molecular complexity index is 317. The molecule has 0 heterocycles. The zero-order chi connectivity index (χ0) is 12.5. The molecule has 17 heavy (non-hydrogen) atoms. The molecule has 0 fully saturated rings. The lowest BCUT2D eigenvalue weighted by molar-refractivity contribution is 0.193. The van der Waals surface area contributed by atoms with Crippen LogP contribution in [0.4, 0.5) is 0 Å². The Morgan fingerprint density at radius 3 is 2.59 bits per heavy atom. The van der Waals surface area contributed by atoms with E-state index in [0.717, 1.165) is 13.0 Å². The van der Waals surface area contributed by atoms with Gasteiger partial charge in [0.05, 0.1) is 0 Å². The molecular formula is C16H26O. The molecule has 0 aromatic heterocycles. The fourth-order valence-corrected chi connectivity index (χ4v) is 2.09. The predicted octanol–water partition coefficient (Wildman–Crippen LogP) is 4.31. The minimum atomic E-state index is 0.884. The van der Waals surface area contributed by atoms with Crippen LogP contribution in [-0.4, -0.2) is 13.7 Å². The Morgan fingerprint density at radius 1 is 1.06 bits per heavy atom. The van der Waals surface area contributed by atoms with Crippen molar-refractivity contribution in [1.29, 1.82) is 0 Å². The summed E-state index contributed by atoms with van der Waals surface area (Å²) in [6.07, 6.45) is 7.38. The molecule has 1 rings (SSSR count). The summed E-state index contributed by atoms with van der Waals surface area (Å²) in [6, 6.07) is 6.96. The van der Waals surface area contributed by atoms with E-state index in [0.29, 0.717) is 0 Å². The summed E-state index contributed by atoms with van der Waals surface area (Å²) in [5.41, 5.74) is 4.46. The highest BCUT2D eigenvalue weighted by Gasteiger charge is 2.01. The van der Waals surface area contributed by atoms with E-state index >= 15 is 0 Å². The van der Waals surface area contributed by atoms with E-state index in [1.165, 1.54) is 48.8 Å². The second-order valence-electron chi connectivity index (χ2n) is 4.81.